The van der Waals surface area contributed by atoms with Gasteiger partial charge in [0.15, 0.2) is 0 Å². The van der Waals surface area contributed by atoms with E-state index in [1.165, 1.54) is 38.9 Å². The van der Waals surface area contributed by atoms with Crippen molar-refractivity contribution in [2.75, 3.05) is 38.5 Å². The summed E-state index contributed by atoms with van der Waals surface area (Å²) in [6, 6.07) is 13.7. The van der Waals surface area contributed by atoms with Crippen molar-refractivity contribution in [3.05, 3.63) is 64.1 Å². The largest absolute Gasteiger partial charge is 0.337 e. The van der Waals surface area contributed by atoms with Crippen molar-refractivity contribution in [3.8, 4) is 0 Å². The lowest BCUT2D eigenvalue weighted by molar-refractivity contribution is -0.959. The molecule has 158 valence electrons. The number of carbonyl (C=O) groups excluding carboxylic acids is 1. The van der Waals surface area contributed by atoms with Crippen LogP contribution in [0.25, 0.3) is 0 Å². The molecule has 2 bridgehead atoms. The molecule has 2 fully saturated rings. The van der Waals surface area contributed by atoms with Gasteiger partial charge in [0.1, 0.15) is 5.69 Å². The zero-order valence-corrected chi connectivity index (χ0v) is 17.7. The second kappa shape index (κ2) is 8.00. The van der Waals surface area contributed by atoms with Crippen LogP contribution in [-0.4, -0.2) is 49.7 Å². The van der Waals surface area contributed by atoms with E-state index < -0.39 is 0 Å². The van der Waals surface area contributed by atoms with Crippen molar-refractivity contribution < 1.29 is 14.6 Å². The second-order valence-corrected chi connectivity index (χ2v) is 9.50. The monoisotopic (exact) mass is 408 g/mol. The molecule has 30 heavy (non-hydrogen) atoms. The number of pyridine rings is 1. The van der Waals surface area contributed by atoms with Crippen LogP contribution in [0.5, 0.6) is 0 Å². The van der Waals surface area contributed by atoms with Gasteiger partial charge in [0.2, 0.25) is 0 Å². The van der Waals surface area contributed by atoms with Crippen molar-refractivity contribution in [2.24, 2.45) is 5.92 Å². The molecule has 3 N–H and O–H groups in total. The molecule has 1 aromatic carbocycles. The molecule has 0 spiro atoms. The van der Waals surface area contributed by atoms with Gasteiger partial charge in [-0.15, -0.1) is 0 Å². The van der Waals surface area contributed by atoms with Gasteiger partial charge in [-0.25, -0.2) is 0 Å². The molecule has 6 heteroatoms. The maximum atomic E-state index is 13.2. The van der Waals surface area contributed by atoms with Crippen LogP contribution >= 0.6 is 0 Å². The van der Waals surface area contributed by atoms with Gasteiger partial charge in [0, 0.05) is 42.5 Å². The molecule has 1 amide bonds. The Bertz CT molecular complexity index is 978. The van der Waals surface area contributed by atoms with E-state index in [4.69, 9.17) is 0 Å². The molecular weight excluding hydrogens is 376 g/mol. The lowest BCUT2D eigenvalue weighted by atomic mass is 9.82. The van der Waals surface area contributed by atoms with E-state index >= 15 is 0 Å². The van der Waals surface area contributed by atoms with Crippen molar-refractivity contribution in [2.45, 2.75) is 37.8 Å². The van der Waals surface area contributed by atoms with Gasteiger partial charge >= 0.3 is 0 Å². The van der Waals surface area contributed by atoms with E-state index in [9.17, 15) is 9.59 Å². The standard InChI is InChI=1S/C24H30N4O2/c1-26-11-9-20(10-12-26)27-14-17-13-19(16-27)22-8-7-21(24(30)28(22)15-17)25-23(29)18-5-3-2-4-6-18/h2-8,17,19-20H,9-16H2,1H3,(H,25,29)/p+2/t17-,19+/m0/s1. The van der Waals surface area contributed by atoms with Crippen molar-refractivity contribution in [1.82, 2.24) is 4.57 Å². The molecule has 2 saturated heterocycles. The highest BCUT2D eigenvalue weighted by atomic mass is 16.2. The molecule has 0 radical (unpaired) electrons. The summed E-state index contributed by atoms with van der Waals surface area (Å²) in [6.45, 7) is 5.65. The third-order valence-corrected chi connectivity index (χ3v) is 7.45. The van der Waals surface area contributed by atoms with Gasteiger partial charge in [-0.1, -0.05) is 18.2 Å². The average molecular weight is 409 g/mol. The van der Waals surface area contributed by atoms with Crippen LogP contribution in [0.1, 0.15) is 41.2 Å². The molecule has 1 aromatic heterocycles. The number of rotatable bonds is 3. The number of hydrogen-bond acceptors (Lipinski definition) is 2. The number of aromatic nitrogens is 1. The first-order valence-corrected chi connectivity index (χ1v) is 11.3. The smallest absolute Gasteiger partial charge is 0.274 e. The van der Waals surface area contributed by atoms with Crippen LogP contribution in [-0.2, 0) is 6.54 Å². The van der Waals surface area contributed by atoms with E-state index in [0.29, 0.717) is 23.1 Å². The number of piperidine rings is 2. The fourth-order valence-corrected chi connectivity index (χ4v) is 5.83. The molecule has 0 saturated carbocycles. The van der Waals surface area contributed by atoms with Crippen LogP contribution in [0.4, 0.5) is 5.69 Å². The number of nitrogens with zero attached hydrogens (tertiary/aromatic N) is 1. The van der Waals surface area contributed by atoms with Gasteiger partial charge < -0.3 is 19.7 Å². The lowest BCUT2D eigenvalue weighted by Gasteiger charge is -2.44. The SMILES string of the molecule is C[NH+]1CCC([NH+]2C[C@@H]3C[C@H](C2)c2ccc(NC(=O)c4ccccc4)c(=O)n2C3)CC1. The summed E-state index contributed by atoms with van der Waals surface area (Å²) < 4.78 is 1.94. The van der Waals surface area contributed by atoms with E-state index in [1.54, 1.807) is 21.9 Å². The predicted molar refractivity (Wildman–Crippen MR) is 116 cm³/mol. The van der Waals surface area contributed by atoms with Gasteiger partial charge in [-0.05, 0) is 30.7 Å². The number of quaternary nitrogens is 2. The Hall–Kier alpha value is -2.44. The van der Waals surface area contributed by atoms with E-state index in [0.717, 1.165) is 24.8 Å². The summed E-state index contributed by atoms with van der Waals surface area (Å²) in [5.74, 6) is 0.770. The lowest BCUT2D eigenvalue weighted by Crippen LogP contribution is -3.21. The number of carbonyl (C=O) groups is 1. The molecule has 5 rings (SSSR count). The highest BCUT2D eigenvalue weighted by Gasteiger charge is 2.41. The minimum Gasteiger partial charge on any atom is -0.337 e. The Morgan fingerprint density at radius 2 is 1.83 bits per heavy atom. The zero-order chi connectivity index (χ0) is 20.7. The first-order chi connectivity index (χ1) is 14.6. The normalized spacial score (nSPS) is 30.4. The van der Waals surface area contributed by atoms with E-state index in [2.05, 4.69) is 18.4 Å². The molecular formula is C24H32N4O2+2. The predicted octanol–water partition coefficient (Wildman–Crippen LogP) is -0.220. The third-order valence-electron chi connectivity index (χ3n) is 7.45. The van der Waals surface area contributed by atoms with E-state index in [1.807, 2.05) is 28.8 Å². The Morgan fingerprint density at radius 3 is 2.60 bits per heavy atom. The number of amides is 1. The maximum absolute atomic E-state index is 13.2. The minimum absolute atomic E-state index is 0.0576. The molecule has 3 aliphatic rings. The first kappa shape index (κ1) is 19.5. The Balaban J connectivity index is 1.35. The highest BCUT2D eigenvalue weighted by Crippen LogP contribution is 2.31. The fourth-order valence-electron chi connectivity index (χ4n) is 5.83. The highest BCUT2D eigenvalue weighted by molar-refractivity contribution is 6.04. The minimum atomic E-state index is -0.232. The summed E-state index contributed by atoms with van der Waals surface area (Å²) in [6.07, 6.45) is 3.83. The Kier molecular flexibility index (Phi) is 5.21. The number of fused-ring (bicyclic) bond motifs is 4. The fraction of sp³-hybridized carbons (Fsp3) is 0.500. The van der Waals surface area contributed by atoms with Crippen molar-refractivity contribution in [3.63, 3.8) is 0 Å². The maximum Gasteiger partial charge on any atom is 0.274 e. The molecule has 3 aliphatic heterocycles. The number of hydrogen-bond donors (Lipinski definition) is 3. The molecule has 0 aliphatic carbocycles. The number of anilines is 1. The Morgan fingerprint density at radius 1 is 1.07 bits per heavy atom. The van der Waals surface area contributed by atoms with Crippen LogP contribution in [0.15, 0.2) is 47.3 Å². The number of likely N-dealkylation sites (tertiary alicyclic amines) is 2. The van der Waals surface area contributed by atoms with Crippen LogP contribution in [0.2, 0.25) is 0 Å². The summed E-state index contributed by atoms with van der Waals surface area (Å²) in [5.41, 5.74) is 2.05. The van der Waals surface area contributed by atoms with Gasteiger partial charge in [-0.3, -0.25) is 9.59 Å². The topological polar surface area (TPSA) is 60.0 Å². The zero-order valence-electron chi connectivity index (χ0n) is 17.7. The second-order valence-electron chi connectivity index (χ2n) is 9.50. The number of benzene rings is 1. The summed E-state index contributed by atoms with van der Waals surface area (Å²) >= 11 is 0. The van der Waals surface area contributed by atoms with Crippen LogP contribution < -0.4 is 20.7 Å². The van der Waals surface area contributed by atoms with E-state index in [-0.39, 0.29) is 11.5 Å². The van der Waals surface area contributed by atoms with Gasteiger partial charge in [0.05, 0.1) is 39.3 Å². The molecule has 3 atom stereocenters. The van der Waals surface area contributed by atoms with Gasteiger partial charge in [0.25, 0.3) is 11.5 Å². The van der Waals surface area contributed by atoms with Gasteiger partial charge in [-0.2, -0.15) is 0 Å². The summed E-state index contributed by atoms with van der Waals surface area (Å²) in [5, 5.41) is 2.83. The Labute approximate surface area is 177 Å². The molecule has 4 heterocycles. The molecule has 2 aromatic rings. The molecule has 6 nitrogen and oxygen atoms in total. The average Bonchev–Trinajstić information content (AvgIpc) is 2.77. The van der Waals surface area contributed by atoms with Crippen molar-refractivity contribution in [1.29, 1.82) is 0 Å². The van der Waals surface area contributed by atoms with Crippen LogP contribution in [0, 0.1) is 5.92 Å². The quantitative estimate of drug-likeness (QED) is 0.658. The molecule has 1 unspecified atom stereocenters. The number of nitrogens with one attached hydrogen (secondary N) is 3. The first-order valence-electron chi connectivity index (χ1n) is 11.3. The third kappa shape index (κ3) is 3.70. The van der Waals surface area contributed by atoms with Crippen molar-refractivity contribution >= 4 is 11.6 Å². The summed E-state index contributed by atoms with van der Waals surface area (Å²) in [4.78, 5) is 29.1. The van der Waals surface area contributed by atoms with Crippen LogP contribution in [0.3, 0.4) is 0 Å². The summed E-state index contributed by atoms with van der Waals surface area (Å²) in [7, 11) is 2.30.